The highest BCUT2D eigenvalue weighted by Gasteiger charge is 2.37. The van der Waals surface area contributed by atoms with Crippen molar-refractivity contribution < 1.29 is 18.7 Å². The fourth-order valence-corrected chi connectivity index (χ4v) is 4.71. The minimum absolute atomic E-state index is 0.242. The number of carbonyl (C=O) groups excluding carboxylic acids is 1. The molecule has 1 aromatic carbocycles. The average molecular weight is 485 g/mol. The summed E-state index contributed by atoms with van der Waals surface area (Å²) in [6.07, 6.45) is 1.08. The number of pyridine rings is 1. The Hall–Kier alpha value is -2.47. The van der Waals surface area contributed by atoms with Gasteiger partial charge in [0.15, 0.2) is 6.10 Å². The third-order valence-electron chi connectivity index (χ3n) is 6.71. The summed E-state index contributed by atoms with van der Waals surface area (Å²) < 4.78 is 26.6. The van der Waals surface area contributed by atoms with Crippen molar-refractivity contribution in [3.8, 4) is 11.1 Å². The van der Waals surface area contributed by atoms with Crippen molar-refractivity contribution in [3.05, 3.63) is 46.5 Å². The van der Waals surface area contributed by atoms with E-state index in [2.05, 4.69) is 18.7 Å². The minimum Gasteiger partial charge on any atom is -0.464 e. The fourth-order valence-electron chi connectivity index (χ4n) is 4.71. The molecule has 5 nitrogen and oxygen atoms in total. The van der Waals surface area contributed by atoms with E-state index in [9.17, 15) is 9.18 Å². The summed E-state index contributed by atoms with van der Waals surface area (Å²) in [6, 6.07) is 5.30. The Labute approximate surface area is 210 Å². The van der Waals surface area contributed by atoms with Crippen LogP contribution in [0.15, 0.2) is 18.2 Å². The lowest BCUT2D eigenvalue weighted by atomic mass is 9.81. The van der Waals surface area contributed by atoms with Crippen LogP contribution in [0, 0.1) is 32.0 Å². The van der Waals surface area contributed by atoms with Gasteiger partial charge in [0.1, 0.15) is 5.82 Å². The molecule has 1 atom stereocenters. The number of ether oxygens (including phenoxy) is 2. The van der Waals surface area contributed by atoms with Gasteiger partial charge in [-0.05, 0) is 83.9 Å². The summed E-state index contributed by atoms with van der Waals surface area (Å²) >= 11 is 0. The number of hydrogen-bond donors (Lipinski definition) is 0. The van der Waals surface area contributed by atoms with Crippen LogP contribution in [-0.2, 0) is 14.3 Å². The van der Waals surface area contributed by atoms with Gasteiger partial charge in [0.25, 0.3) is 0 Å². The number of halogens is 1. The minimum atomic E-state index is -0.943. The molecule has 0 bridgehead atoms. The Kier molecular flexibility index (Phi) is 7.95. The zero-order valence-electron chi connectivity index (χ0n) is 22.8. The van der Waals surface area contributed by atoms with Crippen LogP contribution in [0.25, 0.3) is 11.1 Å². The van der Waals surface area contributed by atoms with Crippen LogP contribution in [0.2, 0.25) is 0 Å². The van der Waals surface area contributed by atoms with E-state index < -0.39 is 17.7 Å². The smallest absolute Gasteiger partial charge is 0.340 e. The van der Waals surface area contributed by atoms with E-state index in [1.165, 1.54) is 0 Å². The quantitative estimate of drug-likeness (QED) is 0.419. The zero-order valence-corrected chi connectivity index (χ0v) is 22.8. The van der Waals surface area contributed by atoms with Gasteiger partial charge >= 0.3 is 5.97 Å². The van der Waals surface area contributed by atoms with Crippen molar-refractivity contribution in [1.82, 2.24) is 4.98 Å². The topological polar surface area (TPSA) is 51.7 Å². The maximum atomic E-state index is 14.7. The molecule has 1 aliphatic rings. The van der Waals surface area contributed by atoms with Gasteiger partial charge in [0.2, 0.25) is 0 Å². The van der Waals surface area contributed by atoms with Crippen LogP contribution >= 0.6 is 0 Å². The SMILES string of the molecule is CCOC(=O)[C@@H](OC(C)(C)C)c1c(C)nc(C)c(-c2ccc(C)c(F)c2)c1N1CCC(C)(C)CC1. The van der Waals surface area contributed by atoms with Gasteiger partial charge in [-0.3, -0.25) is 4.98 Å². The summed E-state index contributed by atoms with van der Waals surface area (Å²) in [5.41, 5.74) is 4.96. The van der Waals surface area contributed by atoms with Gasteiger partial charge in [-0.15, -0.1) is 0 Å². The first kappa shape index (κ1) is 27.1. The molecule has 0 radical (unpaired) electrons. The Balaban J connectivity index is 2.33. The lowest BCUT2D eigenvalue weighted by molar-refractivity contribution is -0.166. The number of nitrogens with zero attached hydrogens (tertiary/aromatic N) is 2. The molecule has 35 heavy (non-hydrogen) atoms. The fraction of sp³-hybridized carbons (Fsp3) is 0.586. The van der Waals surface area contributed by atoms with Crippen LogP contribution in [0.3, 0.4) is 0 Å². The van der Waals surface area contributed by atoms with Gasteiger partial charge in [0, 0.05) is 35.6 Å². The number of esters is 1. The second-order valence-electron chi connectivity index (χ2n) is 11.4. The normalized spacial score (nSPS) is 16.8. The van der Waals surface area contributed by atoms with E-state index in [-0.39, 0.29) is 17.8 Å². The maximum absolute atomic E-state index is 14.7. The summed E-state index contributed by atoms with van der Waals surface area (Å²) in [5, 5.41) is 0. The van der Waals surface area contributed by atoms with Crippen molar-refractivity contribution in [2.45, 2.75) is 86.9 Å². The largest absolute Gasteiger partial charge is 0.464 e. The van der Waals surface area contributed by atoms with Crippen molar-refractivity contribution in [2.24, 2.45) is 5.41 Å². The van der Waals surface area contributed by atoms with E-state index in [1.54, 1.807) is 26.0 Å². The molecule has 0 unspecified atom stereocenters. The molecule has 2 aromatic rings. The van der Waals surface area contributed by atoms with Crippen LogP contribution in [0.4, 0.5) is 10.1 Å². The highest BCUT2D eigenvalue weighted by Crippen LogP contribution is 2.45. The van der Waals surface area contributed by atoms with Gasteiger partial charge in [-0.2, -0.15) is 0 Å². The number of rotatable bonds is 6. The lowest BCUT2D eigenvalue weighted by Gasteiger charge is -2.41. The number of benzene rings is 1. The summed E-state index contributed by atoms with van der Waals surface area (Å²) in [4.78, 5) is 20.5. The number of carbonyl (C=O) groups is 1. The third-order valence-corrected chi connectivity index (χ3v) is 6.71. The maximum Gasteiger partial charge on any atom is 0.340 e. The monoisotopic (exact) mass is 484 g/mol. The van der Waals surface area contributed by atoms with Crippen molar-refractivity contribution in [2.75, 3.05) is 24.6 Å². The van der Waals surface area contributed by atoms with E-state index in [4.69, 9.17) is 14.5 Å². The first-order valence-corrected chi connectivity index (χ1v) is 12.6. The van der Waals surface area contributed by atoms with E-state index >= 15 is 0 Å². The number of aromatic nitrogens is 1. The molecule has 2 heterocycles. The Morgan fingerprint density at radius 2 is 1.77 bits per heavy atom. The molecule has 1 aromatic heterocycles. The second kappa shape index (κ2) is 10.3. The zero-order chi connectivity index (χ0) is 26.1. The van der Waals surface area contributed by atoms with Crippen molar-refractivity contribution >= 4 is 11.7 Å². The van der Waals surface area contributed by atoms with E-state index in [1.807, 2.05) is 40.7 Å². The molecule has 1 saturated heterocycles. The molecular formula is C29H41FN2O3. The van der Waals surface area contributed by atoms with Crippen LogP contribution in [-0.4, -0.2) is 36.3 Å². The van der Waals surface area contributed by atoms with E-state index in [0.717, 1.165) is 54.1 Å². The van der Waals surface area contributed by atoms with Crippen LogP contribution < -0.4 is 4.90 Å². The number of hydrogen-bond acceptors (Lipinski definition) is 5. The summed E-state index contributed by atoms with van der Waals surface area (Å²) in [5.74, 6) is -0.696. The first-order chi connectivity index (χ1) is 16.2. The van der Waals surface area contributed by atoms with Crippen LogP contribution in [0.5, 0.6) is 0 Å². The first-order valence-electron chi connectivity index (χ1n) is 12.6. The highest BCUT2D eigenvalue weighted by molar-refractivity contribution is 5.88. The molecule has 192 valence electrons. The predicted molar refractivity (Wildman–Crippen MR) is 139 cm³/mol. The molecule has 1 aliphatic heterocycles. The molecule has 3 rings (SSSR count). The summed E-state index contributed by atoms with van der Waals surface area (Å²) in [7, 11) is 0. The molecular weight excluding hydrogens is 443 g/mol. The second-order valence-corrected chi connectivity index (χ2v) is 11.4. The Morgan fingerprint density at radius 1 is 1.14 bits per heavy atom. The standard InChI is InChI=1S/C29H41FN2O3/c1-10-34-27(33)26(35-28(5,6)7)24-20(4)31-19(3)23(21-12-11-18(2)22(30)17-21)25(24)32-15-13-29(8,9)14-16-32/h11-12,17,26H,10,13-16H2,1-9H3/t26-/m0/s1. The molecule has 6 heteroatoms. The lowest BCUT2D eigenvalue weighted by Crippen LogP contribution is -2.39. The van der Waals surface area contributed by atoms with Gasteiger partial charge < -0.3 is 14.4 Å². The summed E-state index contributed by atoms with van der Waals surface area (Å²) in [6.45, 7) is 19.7. The molecule has 0 spiro atoms. The molecule has 0 saturated carbocycles. The van der Waals surface area contributed by atoms with Crippen LogP contribution in [0.1, 0.15) is 83.0 Å². The average Bonchev–Trinajstić information content (AvgIpc) is 2.74. The van der Waals surface area contributed by atoms with Crippen molar-refractivity contribution in [3.63, 3.8) is 0 Å². The van der Waals surface area contributed by atoms with Gasteiger partial charge in [-0.1, -0.05) is 26.0 Å². The molecule has 0 amide bonds. The number of anilines is 1. The Morgan fingerprint density at radius 3 is 2.31 bits per heavy atom. The van der Waals surface area contributed by atoms with Gasteiger partial charge in [0.05, 0.1) is 17.9 Å². The van der Waals surface area contributed by atoms with Gasteiger partial charge in [-0.25, -0.2) is 9.18 Å². The molecule has 1 fully saturated rings. The highest BCUT2D eigenvalue weighted by atomic mass is 19.1. The predicted octanol–water partition coefficient (Wildman–Crippen LogP) is 6.86. The number of piperidine rings is 1. The number of aryl methyl sites for hydroxylation is 3. The Bertz CT molecular complexity index is 1080. The molecule has 0 aliphatic carbocycles. The third kappa shape index (κ3) is 6.21. The van der Waals surface area contributed by atoms with E-state index in [0.29, 0.717) is 11.1 Å². The van der Waals surface area contributed by atoms with Crippen molar-refractivity contribution in [1.29, 1.82) is 0 Å². The molecule has 0 N–H and O–H groups in total.